The van der Waals surface area contributed by atoms with E-state index < -0.39 is 0 Å². The van der Waals surface area contributed by atoms with E-state index in [0.717, 1.165) is 22.0 Å². The topological polar surface area (TPSA) is 68.0 Å². The molecule has 106 valence electrons. The van der Waals surface area contributed by atoms with Gasteiger partial charge < -0.3 is 11.1 Å². The molecule has 1 atom stereocenters. The lowest BCUT2D eigenvalue weighted by Crippen LogP contribution is -2.19. The van der Waals surface area contributed by atoms with Gasteiger partial charge in [0.05, 0.1) is 10.7 Å². The number of hydrogen-bond acceptors (Lipinski definition) is 4. The van der Waals surface area contributed by atoms with Crippen molar-refractivity contribution in [3.63, 3.8) is 0 Å². The number of rotatable bonds is 5. The van der Waals surface area contributed by atoms with Crippen LogP contribution in [0.5, 0.6) is 0 Å². The largest absolute Gasteiger partial charge is 0.330 e. The van der Waals surface area contributed by atoms with Crippen LogP contribution in [0.2, 0.25) is 0 Å². The molecule has 1 aromatic heterocycles. The molecule has 2 rings (SSSR count). The number of thiazole rings is 1. The Morgan fingerprint density at radius 3 is 2.65 bits per heavy atom. The molecule has 0 spiro atoms. The molecule has 2 aromatic rings. The zero-order valence-electron chi connectivity index (χ0n) is 11.7. The van der Waals surface area contributed by atoms with Crippen LogP contribution in [0.15, 0.2) is 29.6 Å². The molecule has 0 aliphatic rings. The van der Waals surface area contributed by atoms with Crippen molar-refractivity contribution in [2.45, 2.75) is 20.3 Å². The highest BCUT2D eigenvalue weighted by molar-refractivity contribution is 7.09. The van der Waals surface area contributed by atoms with Crippen molar-refractivity contribution >= 4 is 22.9 Å². The fraction of sp³-hybridized carbons (Fsp3) is 0.333. The zero-order chi connectivity index (χ0) is 14.5. The predicted octanol–water partition coefficient (Wildman–Crippen LogP) is 3.04. The molecule has 1 unspecified atom stereocenters. The van der Waals surface area contributed by atoms with Crippen molar-refractivity contribution in [3.8, 4) is 11.3 Å². The quantitative estimate of drug-likeness (QED) is 0.889. The van der Waals surface area contributed by atoms with Crippen LogP contribution in [-0.2, 0) is 4.79 Å². The van der Waals surface area contributed by atoms with Crippen molar-refractivity contribution < 1.29 is 4.79 Å². The average molecular weight is 289 g/mol. The Morgan fingerprint density at radius 2 is 2.10 bits per heavy atom. The van der Waals surface area contributed by atoms with Gasteiger partial charge in [-0.15, -0.1) is 11.3 Å². The van der Waals surface area contributed by atoms with Crippen LogP contribution in [0.25, 0.3) is 11.3 Å². The molecule has 5 heteroatoms. The molecule has 1 amide bonds. The molecule has 0 radical (unpaired) electrons. The summed E-state index contributed by atoms with van der Waals surface area (Å²) in [5.41, 5.74) is 8.35. The molecule has 4 nitrogen and oxygen atoms in total. The number of carbonyl (C=O) groups is 1. The second kappa shape index (κ2) is 6.63. The van der Waals surface area contributed by atoms with Crippen LogP contribution in [-0.4, -0.2) is 17.4 Å². The van der Waals surface area contributed by atoms with Gasteiger partial charge in [-0.05, 0) is 31.5 Å². The average Bonchev–Trinajstić information content (AvgIpc) is 2.86. The highest BCUT2D eigenvalue weighted by atomic mass is 32.1. The number of nitrogens with one attached hydrogen (secondary N) is 1. The molecular formula is C15H19N3OS. The number of aromatic nitrogens is 1. The Hall–Kier alpha value is -1.72. The second-order valence-corrected chi connectivity index (χ2v) is 5.98. The van der Waals surface area contributed by atoms with Crippen LogP contribution >= 0.6 is 11.3 Å². The highest BCUT2D eigenvalue weighted by Gasteiger charge is 2.08. The summed E-state index contributed by atoms with van der Waals surface area (Å²) in [4.78, 5) is 16.2. The molecule has 0 saturated heterocycles. The Morgan fingerprint density at radius 1 is 1.40 bits per heavy atom. The zero-order valence-corrected chi connectivity index (χ0v) is 12.5. The summed E-state index contributed by atoms with van der Waals surface area (Å²) in [5.74, 6) is 0.201. The lowest BCUT2D eigenvalue weighted by Gasteiger charge is -2.09. The summed E-state index contributed by atoms with van der Waals surface area (Å²) in [6.45, 7) is 4.48. The predicted molar refractivity (Wildman–Crippen MR) is 83.8 cm³/mol. The lowest BCUT2D eigenvalue weighted by atomic mass is 10.1. The van der Waals surface area contributed by atoms with Gasteiger partial charge in [0.15, 0.2) is 0 Å². The van der Waals surface area contributed by atoms with E-state index in [2.05, 4.69) is 10.3 Å². The normalized spacial score (nSPS) is 12.2. The van der Waals surface area contributed by atoms with E-state index in [1.54, 1.807) is 11.3 Å². The fourth-order valence-electron chi connectivity index (χ4n) is 1.83. The summed E-state index contributed by atoms with van der Waals surface area (Å²) in [5, 5.41) is 5.96. The van der Waals surface area contributed by atoms with E-state index in [-0.39, 0.29) is 11.8 Å². The van der Waals surface area contributed by atoms with Crippen LogP contribution in [0.1, 0.15) is 18.4 Å². The number of hydrogen-bond donors (Lipinski definition) is 2. The summed E-state index contributed by atoms with van der Waals surface area (Å²) in [6, 6.07) is 7.73. The molecule has 0 aliphatic heterocycles. The third-order valence-corrected chi connectivity index (χ3v) is 3.79. The first kappa shape index (κ1) is 14.7. The van der Waals surface area contributed by atoms with Gasteiger partial charge in [0.25, 0.3) is 0 Å². The van der Waals surface area contributed by atoms with Crippen molar-refractivity contribution in [2.24, 2.45) is 11.7 Å². The molecule has 1 aromatic carbocycles. The second-order valence-electron chi connectivity index (χ2n) is 4.92. The minimum absolute atomic E-state index is 0.000188. The highest BCUT2D eigenvalue weighted by Crippen LogP contribution is 2.23. The fourth-order valence-corrected chi connectivity index (χ4v) is 2.45. The Labute approximate surface area is 123 Å². The summed E-state index contributed by atoms with van der Waals surface area (Å²) >= 11 is 1.63. The van der Waals surface area contributed by atoms with Gasteiger partial charge in [-0.1, -0.05) is 19.1 Å². The first-order chi connectivity index (χ1) is 9.58. The number of nitrogens with zero attached hydrogens (tertiary/aromatic N) is 1. The maximum Gasteiger partial charge on any atom is 0.224 e. The Bertz CT molecular complexity index is 577. The van der Waals surface area contributed by atoms with E-state index in [4.69, 9.17) is 5.73 Å². The third-order valence-electron chi connectivity index (χ3n) is 3.02. The number of amides is 1. The van der Waals surface area contributed by atoms with Crippen molar-refractivity contribution in [2.75, 3.05) is 11.9 Å². The van der Waals surface area contributed by atoms with E-state index >= 15 is 0 Å². The smallest absolute Gasteiger partial charge is 0.224 e. The Kier molecular flexibility index (Phi) is 4.87. The number of benzene rings is 1. The van der Waals surface area contributed by atoms with Crippen molar-refractivity contribution in [1.29, 1.82) is 0 Å². The van der Waals surface area contributed by atoms with Crippen LogP contribution in [0.4, 0.5) is 5.69 Å². The maximum atomic E-state index is 11.8. The molecule has 3 N–H and O–H groups in total. The number of carbonyl (C=O) groups excluding carboxylic acids is 1. The monoisotopic (exact) mass is 289 g/mol. The first-order valence-corrected chi connectivity index (χ1v) is 7.49. The molecule has 0 fully saturated rings. The number of anilines is 1. The summed E-state index contributed by atoms with van der Waals surface area (Å²) < 4.78 is 0. The molecule has 0 bridgehead atoms. The maximum absolute atomic E-state index is 11.8. The summed E-state index contributed by atoms with van der Waals surface area (Å²) in [6.07, 6.45) is 0.448. The first-order valence-electron chi connectivity index (χ1n) is 6.61. The van der Waals surface area contributed by atoms with Gasteiger partial charge in [-0.2, -0.15) is 0 Å². The third kappa shape index (κ3) is 3.88. The minimum atomic E-state index is 0.000188. The van der Waals surface area contributed by atoms with Crippen LogP contribution in [0, 0.1) is 12.8 Å². The van der Waals surface area contributed by atoms with Crippen molar-refractivity contribution in [1.82, 2.24) is 4.98 Å². The molecule has 1 heterocycles. The SMILES string of the molecule is Cc1nc(-c2ccc(NC(=O)CC(C)CN)cc2)cs1. The number of aryl methyl sites for hydroxylation is 1. The summed E-state index contributed by atoms with van der Waals surface area (Å²) in [7, 11) is 0. The molecule has 0 saturated carbocycles. The van der Waals surface area contributed by atoms with Crippen LogP contribution in [0.3, 0.4) is 0 Å². The molecule has 20 heavy (non-hydrogen) atoms. The lowest BCUT2D eigenvalue weighted by molar-refractivity contribution is -0.116. The molecule has 0 aliphatic carbocycles. The van der Waals surface area contributed by atoms with Gasteiger partial charge in [-0.3, -0.25) is 4.79 Å². The van der Waals surface area contributed by atoms with Gasteiger partial charge in [0, 0.05) is 23.1 Å². The van der Waals surface area contributed by atoms with Crippen molar-refractivity contribution in [3.05, 3.63) is 34.7 Å². The number of nitrogens with two attached hydrogens (primary N) is 1. The standard InChI is InChI=1S/C15H19N3OS/c1-10(8-16)7-15(19)18-13-5-3-12(4-6-13)14-9-20-11(2)17-14/h3-6,9-10H,7-8,16H2,1-2H3,(H,18,19). The van der Waals surface area contributed by atoms with E-state index in [9.17, 15) is 4.79 Å². The van der Waals surface area contributed by atoms with Gasteiger partial charge >= 0.3 is 0 Å². The van der Waals surface area contributed by atoms with Gasteiger partial charge in [0.1, 0.15) is 0 Å². The minimum Gasteiger partial charge on any atom is -0.330 e. The van der Waals surface area contributed by atoms with Gasteiger partial charge in [0.2, 0.25) is 5.91 Å². The molecular weight excluding hydrogens is 270 g/mol. The van der Waals surface area contributed by atoms with E-state index in [1.165, 1.54) is 0 Å². The Balaban J connectivity index is 2.00. The van der Waals surface area contributed by atoms with Gasteiger partial charge in [-0.25, -0.2) is 4.98 Å². The van der Waals surface area contributed by atoms with E-state index in [0.29, 0.717) is 13.0 Å². The van der Waals surface area contributed by atoms with Crippen LogP contribution < -0.4 is 11.1 Å². The van der Waals surface area contributed by atoms with E-state index in [1.807, 2.05) is 43.5 Å².